The number of sulfone groups is 1. The molecule has 2 N–H and O–H groups in total. The van der Waals surface area contributed by atoms with E-state index in [1.54, 1.807) is 19.0 Å². The number of rotatable bonds is 3. The number of guanidine groups is 1. The van der Waals surface area contributed by atoms with Crippen LogP contribution in [-0.2, 0) is 9.84 Å². The Hall–Kier alpha value is -0.780. The molecule has 0 aliphatic rings. The van der Waals surface area contributed by atoms with Crippen molar-refractivity contribution in [3.8, 4) is 0 Å². The molecule has 0 spiro atoms. The first-order chi connectivity index (χ1) is 5.37. The topological polar surface area (TPSA) is 75.8 Å². The molecule has 5 nitrogen and oxygen atoms in total. The summed E-state index contributed by atoms with van der Waals surface area (Å²) in [6, 6.07) is 0. The van der Waals surface area contributed by atoms with Crippen molar-refractivity contribution in [2.75, 3.05) is 32.6 Å². The van der Waals surface area contributed by atoms with Crippen molar-refractivity contribution in [2.45, 2.75) is 0 Å². The standard InChI is InChI=1S/C6H15N3O2S/c1-8-6(7)9(2)4-5-12(3,10)11/h4-5H2,1-3H3,(H2,7,8). The Morgan fingerprint density at radius 3 is 2.42 bits per heavy atom. The first-order valence-corrected chi connectivity index (χ1v) is 5.54. The molecule has 0 aliphatic carbocycles. The second-order valence-electron chi connectivity index (χ2n) is 2.63. The number of hydrogen-bond donors (Lipinski definition) is 1. The molecule has 0 amide bonds. The molecule has 0 fully saturated rings. The number of nitrogens with two attached hydrogens (primary N) is 1. The lowest BCUT2D eigenvalue weighted by atomic mass is 10.6. The maximum Gasteiger partial charge on any atom is 0.190 e. The van der Waals surface area contributed by atoms with Gasteiger partial charge in [0.2, 0.25) is 0 Å². The van der Waals surface area contributed by atoms with Crippen LogP contribution in [0.15, 0.2) is 4.99 Å². The van der Waals surface area contributed by atoms with Gasteiger partial charge in [-0.15, -0.1) is 0 Å². The lowest BCUT2D eigenvalue weighted by Gasteiger charge is -2.16. The Morgan fingerprint density at radius 1 is 1.58 bits per heavy atom. The summed E-state index contributed by atoms with van der Waals surface area (Å²) in [5.41, 5.74) is 5.43. The van der Waals surface area contributed by atoms with Gasteiger partial charge >= 0.3 is 0 Å². The number of nitrogens with zero attached hydrogens (tertiary/aromatic N) is 2. The summed E-state index contributed by atoms with van der Waals surface area (Å²) in [7, 11) is 0.351. The molecule has 0 heterocycles. The third-order valence-electron chi connectivity index (χ3n) is 1.42. The first kappa shape index (κ1) is 11.2. The molecular formula is C6H15N3O2S. The predicted molar refractivity (Wildman–Crippen MR) is 49.9 cm³/mol. The average molecular weight is 193 g/mol. The minimum Gasteiger partial charge on any atom is -0.370 e. The van der Waals surface area contributed by atoms with Gasteiger partial charge in [0.1, 0.15) is 9.84 Å². The smallest absolute Gasteiger partial charge is 0.190 e. The predicted octanol–water partition coefficient (Wildman–Crippen LogP) is -1.09. The Morgan fingerprint density at radius 2 is 2.08 bits per heavy atom. The molecule has 0 saturated heterocycles. The van der Waals surface area contributed by atoms with E-state index in [1.807, 2.05) is 0 Å². The zero-order valence-corrected chi connectivity index (χ0v) is 8.43. The summed E-state index contributed by atoms with van der Waals surface area (Å²) < 4.78 is 21.5. The molecule has 0 aliphatic heterocycles. The molecule has 0 aromatic carbocycles. The number of hydrogen-bond acceptors (Lipinski definition) is 3. The van der Waals surface area contributed by atoms with Crippen LogP contribution < -0.4 is 5.73 Å². The Balaban J connectivity index is 3.97. The summed E-state index contributed by atoms with van der Waals surface area (Å²) in [5, 5.41) is 0. The van der Waals surface area contributed by atoms with Crippen molar-refractivity contribution in [1.29, 1.82) is 0 Å². The van der Waals surface area contributed by atoms with E-state index in [4.69, 9.17) is 5.73 Å². The largest absolute Gasteiger partial charge is 0.370 e. The molecule has 0 aromatic rings. The van der Waals surface area contributed by atoms with Crippen molar-refractivity contribution in [1.82, 2.24) is 4.90 Å². The van der Waals surface area contributed by atoms with E-state index in [2.05, 4.69) is 4.99 Å². The fourth-order valence-corrected chi connectivity index (χ4v) is 1.19. The highest BCUT2D eigenvalue weighted by molar-refractivity contribution is 7.90. The van der Waals surface area contributed by atoms with Gasteiger partial charge in [-0.1, -0.05) is 0 Å². The van der Waals surface area contributed by atoms with E-state index >= 15 is 0 Å². The monoisotopic (exact) mass is 193 g/mol. The lowest BCUT2D eigenvalue weighted by molar-refractivity contribution is 0.520. The van der Waals surface area contributed by atoms with Gasteiger partial charge in [-0.2, -0.15) is 0 Å². The molecular weight excluding hydrogens is 178 g/mol. The van der Waals surface area contributed by atoms with Crippen LogP contribution in [0, 0.1) is 0 Å². The van der Waals surface area contributed by atoms with Crippen LogP contribution in [0.2, 0.25) is 0 Å². The Bertz CT molecular complexity index is 258. The van der Waals surface area contributed by atoms with Crippen LogP contribution in [0.4, 0.5) is 0 Å². The normalized spacial score (nSPS) is 13.1. The van der Waals surface area contributed by atoms with Crippen LogP contribution in [-0.4, -0.2) is 51.9 Å². The summed E-state index contributed by atoms with van der Waals surface area (Å²) in [5.74, 6) is 0.443. The van der Waals surface area contributed by atoms with Gasteiger partial charge in [-0.3, -0.25) is 4.99 Å². The maximum atomic E-state index is 10.7. The highest BCUT2D eigenvalue weighted by atomic mass is 32.2. The maximum absolute atomic E-state index is 10.7. The highest BCUT2D eigenvalue weighted by Crippen LogP contribution is 1.87. The summed E-state index contributed by atoms with van der Waals surface area (Å²) in [4.78, 5) is 5.31. The van der Waals surface area contributed by atoms with Gasteiger partial charge in [-0.25, -0.2) is 8.42 Å². The second-order valence-corrected chi connectivity index (χ2v) is 4.89. The third-order valence-corrected chi connectivity index (χ3v) is 2.34. The van der Waals surface area contributed by atoms with E-state index in [1.165, 1.54) is 6.26 Å². The lowest BCUT2D eigenvalue weighted by Crippen LogP contribution is -2.36. The SMILES string of the molecule is CN=C(N)N(C)CCS(C)(=O)=O. The molecule has 0 unspecified atom stereocenters. The van der Waals surface area contributed by atoms with E-state index in [-0.39, 0.29) is 5.75 Å². The fourth-order valence-electron chi connectivity index (χ4n) is 0.588. The molecule has 0 atom stereocenters. The van der Waals surface area contributed by atoms with Gasteiger partial charge < -0.3 is 10.6 Å². The molecule has 0 radical (unpaired) electrons. The molecule has 0 bridgehead atoms. The molecule has 72 valence electrons. The van der Waals surface area contributed by atoms with Crippen LogP contribution in [0.5, 0.6) is 0 Å². The van der Waals surface area contributed by atoms with E-state index < -0.39 is 9.84 Å². The molecule has 0 aromatic heterocycles. The van der Waals surface area contributed by atoms with Gasteiger partial charge in [-0.05, 0) is 0 Å². The van der Waals surface area contributed by atoms with Crippen LogP contribution in [0.1, 0.15) is 0 Å². The van der Waals surface area contributed by atoms with Crippen molar-refractivity contribution in [2.24, 2.45) is 10.7 Å². The third kappa shape index (κ3) is 4.95. The Labute approximate surface area is 73.2 Å². The summed E-state index contributed by atoms with van der Waals surface area (Å²) >= 11 is 0. The molecule has 0 saturated carbocycles. The average Bonchev–Trinajstić information content (AvgIpc) is 1.97. The zero-order valence-electron chi connectivity index (χ0n) is 7.61. The zero-order chi connectivity index (χ0) is 9.78. The first-order valence-electron chi connectivity index (χ1n) is 3.48. The van der Waals surface area contributed by atoms with Crippen molar-refractivity contribution in [3.63, 3.8) is 0 Å². The van der Waals surface area contributed by atoms with Crippen LogP contribution >= 0.6 is 0 Å². The van der Waals surface area contributed by atoms with Crippen molar-refractivity contribution >= 4 is 15.8 Å². The van der Waals surface area contributed by atoms with Crippen LogP contribution in [0.25, 0.3) is 0 Å². The molecule has 0 rings (SSSR count). The Kier molecular flexibility index (Phi) is 4.02. The fraction of sp³-hybridized carbons (Fsp3) is 0.833. The van der Waals surface area contributed by atoms with Crippen LogP contribution in [0.3, 0.4) is 0 Å². The van der Waals surface area contributed by atoms with E-state index in [0.29, 0.717) is 12.5 Å². The molecule has 12 heavy (non-hydrogen) atoms. The minimum absolute atomic E-state index is 0.0969. The van der Waals surface area contributed by atoms with Crippen molar-refractivity contribution in [3.05, 3.63) is 0 Å². The van der Waals surface area contributed by atoms with Gasteiger partial charge in [0.05, 0.1) is 5.75 Å². The van der Waals surface area contributed by atoms with Gasteiger partial charge in [0.25, 0.3) is 0 Å². The summed E-state index contributed by atoms with van der Waals surface area (Å²) in [6.07, 6.45) is 1.19. The second kappa shape index (κ2) is 4.30. The quantitative estimate of drug-likeness (QED) is 0.456. The van der Waals surface area contributed by atoms with E-state index in [9.17, 15) is 8.42 Å². The van der Waals surface area contributed by atoms with Crippen molar-refractivity contribution < 1.29 is 8.42 Å². The van der Waals surface area contributed by atoms with Gasteiger partial charge in [0.15, 0.2) is 5.96 Å². The minimum atomic E-state index is -2.91. The van der Waals surface area contributed by atoms with Gasteiger partial charge in [0, 0.05) is 26.9 Å². The number of aliphatic imine (C=N–C) groups is 1. The molecule has 6 heteroatoms. The summed E-state index contributed by atoms with van der Waals surface area (Å²) in [6.45, 7) is 0.377. The highest BCUT2D eigenvalue weighted by Gasteiger charge is 2.05. The van der Waals surface area contributed by atoms with E-state index in [0.717, 1.165) is 0 Å².